The van der Waals surface area contributed by atoms with E-state index in [4.69, 9.17) is 4.74 Å². The summed E-state index contributed by atoms with van der Waals surface area (Å²) in [4.78, 5) is 16.2. The molecule has 2 rings (SSSR count). The van der Waals surface area contributed by atoms with E-state index in [2.05, 4.69) is 42.2 Å². The van der Waals surface area contributed by atoms with Crippen molar-refractivity contribution in [3.63, 3.8) is 0 Å². The van der Waals surface area contributed by atoms with Crippen molar-refractivity contribution >= 4 is 43.6 Å². The quantitative estimate of drug-likeness (QED) is 0.816. The van der Waals surface area contributed by atoms with Crippen LogP contribution in [0, 0.1) is 0 Å². The van der Waals surface area contributed by atoms with Gasteiger partial charge in [-0.1, -0.05) is 6.07 Å². The number of carbonyl (C=O) groups excluding carboxylic acids is 1. The highest BCUT2D eigenvalue weighted by Crippen LogP contribution is 2.25. The summed E-state index contributed by atoms with van der Waals surface area (Å²) in [5, 5.41) is 2.72. The van der Waals surface area contributed by atoms with Crippen molar-refractivity contribution in [1.82, 2.24) is 4.98 Å². The average Bonchev–Trinajstić information content (AvgIpc) is 2.38. The van der Waals surface area contributed by atoms with E-state index in [-0.39, 0.29) is 5.91 Å². The Balaban J connectivity index is 2.18. The zero-order valence-corrected chi connectivity index (χ0v) is 13.2. The molecule has 1 aromatic heterocycles. The molecule has 0 spiro atoms. The Bertz CT molecular complexity index is 617. The fourth-order valence-electron chi connectivity index (χ4n) is 1.47. The van der Waals surface area contributed by atoms with Crippen molar-refractivity contribution in [2.75, 3.05) is 12.4 Å². The number of hydrogen-bond donors (Lipinski definition) is 1. The molecule has 0 fully saturated rings. The van der Waals surface area contributed by atoms with Gasteiger partial charge < -0.3 is 10.1 Å². The third-order valence-corrected chi connectivity index (χ3v) is 3.43. The number of pyridine rings is 1. The Morgan fingerprint density at radius 3 is 2.68 bits per heavy atom. The van der Waals surface area contributed by atoms with Gasteiger partial charge in [0.2, 0.25) is 0 Å². The number of halogens is 2. The SMILES string of the molecule is COc1ccc(C(=O)Nc2cccc(Br)n2)cc1Br. The molecule has 19 heavy (non-hydrogen) atoms. The molecular weight excluding hydrogens is 376 g/mol. The highest BCUT2D eigenvalue weighted by Gasteiger charge is 2.09. The van der Waals surface area contributed by atoms with E-state index >= 15 is 0 Å². The van der Waals surface area contributed by atoms with Crippen LogP contribution in [0.2, 0.25) is 0 Å². The first kappa shape index (κ1) is 14.0. The number of nitrogens with one attached hydrogen (secondary N) is 1. The minimum atomic E-state index is -0.228. The zero-order valence-electron chi connectivity index (χ0n) is 9.98. The minimum absolute atomic E-state index is 0.228. The van der Waals surface area contributed by atoms with Gasteiger partial charge in [0.1, 0.15) is 16.2 Å². The Labute approximate surface area is 127 Å². The molecule has 0 unspecified atom stereocenters. The van der Waals surface area contributed by atoms with Gasteiger partial charge in [0.05, 0.1) is 11.6 Å². The van der Waals surface area contributed by atoms with Crippen LogP contribution in [0.5, 0.6) is 5.75 Å². The first-order valence-corrected chi connectivity index (χ1v) is 6.96. The smallest absolute Gasteiger partial charge is 0.256 e. The topological polar surface area (TPSA) is 51.2 Å². The van der Waals surface area contributed by atoms with Crippen LogP contribution in [0.4, 0.5) is 5.82 Å². The van der Waals surface area contributed by atoms with E-state index in [1.807, 2.05) is 0 Å². The second-order valence-corrected chi connectivity index (χ2v) is 5.32. The van der Waals surface area contributed by atoms with Gasteiger partial charge in [-0.3, -0.25) is 4.79 Å². The number of hydrogen-bond acceptors (Lipinski definition) is 3. The molecule has 0 saturated carbocycles. The van der Waals surface area contributed by atoms with Crippen LogP contribution >= 0.6 is 31.9 Å². The summed E-state index contributed by atoms with van der Waals surface area (Å²) in [6.45, 7) is 0. The van der Waals surface area contributed by atoms with Gasteiger partial charge in [0.25, 0.3) is 5.91 Å². The van der Waals surface area contributed by atoms with E-state index in [0.717, 1.165) is 4.47 Å². The monoisotopic (exact) mass is 384 g/mol. The maximum Gasteiger partial charge on any atom is 0.256 e. The normalized spacial score (nSPS) is 10.1. The first-order valence-electron chi connectivity index (χ1n) is 5.37. The van der Waals surface area contributed by atoms with E-state index in [9.17, 15) is 4.79 Å². The Hall–Kier alpha value is -1.40. The summed E-state index contributed by atoms with van der Waals surface area (Å²) < 4.78 is 6.51. The highest BCUT2D eigenvalue weighted by molar-refractivity contribution is 9.10. The lowest BCUT2D eigenvalue weighted by Crippen LogP contribution is -2.13. The molecule has 1 amide bonds. The molecule has 2 aromatic rings. The van der Waals surface area contributed by atoms with E-state index in [0.29, 0.717) is 21.7 Å². The van der Waals surface area contributed by atoms with Crippen LogP contribution in [0.15, 0.2) is 45.5 Å². The maximum atomic E-state index is 12.0. The molecule has 0 aliphatic heterocycles. The predicted octanol–water partition coefficient (Wildman–Crippen LogP) is 3.87. The van der Waals surface area contributed by atoms with E-state index in [1.165, 1.54) is 0 Å². The largest absolute Gasteiger partial charge is 0.496 e. The zero-order chi connectivity index (χ0) is 13.8. The van der Waals surface area contributed by atoms with Crippen molar-refractivity contribution in [3.05, 3.63) is 51.0 Å². The Morgan fingerprint density at radius 1 is 1.26 bits per heavy atom. The van der Waals surface area contributed by atoms with Crippen LogP contribution in [0.3, 0.4) is 0 Å². The van der Waals surface area contributed by atoms with Gasteiger partial charge in [0, 0.05) is 5.56 Å². The third kappa shape index (κ3) is 3.54. The molecule has 0 aliphatic carbocycles. The lowest BCUT2D eigenvalue weighted by molar-refractivity contribution is 0.102. The van der Waals surface area contributed by atoms with Crippen molar-refractivity contribution in [3.8, 4) is 5.75 Å². The minimum Gasteiger partial charge on any atom is -0.496 e. The lowest BCUT2D eigenvalue weighted by Gasteiger charge is -2.07. The van der Waals surface area contributed by atoms with Crippen LogP contribution < -0.4 is 10.1 Å². The van der Waals surface area contributed by atoms with Crippen LogP contribution in [-0.2, 0) is 0 Å². The fraction of sp³-hybridized carbons (Fsp3) is 0.0769. The standard InChI is InChI=1S/C13H10Br2N2O2/c1-19-10-6-5-8(7-9(10)14)13(18)17-12-4-2-3-11(15)16-12/h2-7H,1H3,(H,16,17,18). The van der Waals surface area contributed by atoms with Crippen molar-refractivity contribution in [2.45, 2.75) is 0 Å². The number of anilines is 1. The number of amides is 1. The lowest BCUT2D eigenvalue weighted by atomic mass is 10.2. The molecule has 6 heteroatoms. The fourth-order valence-corrected chi connectivity index (χ4v) is 2.36. The Morgan fingerprint density at radius 2 is 2.05 bits per heavy atom. The predicted molar refractivity (Wildman–Crippen MR) is 80.6 cm³/mol. The molecule has 0 radical (unpaired) electrons. The summed E-state index contributed by atoms with van der Waals surface area (Å²) >= 11 is 6.60. The molecular formula is C13H10Br2N2O2. The summed E-state index contributed by atoms with van der Waals surface area (Å²) in [6.07, 6.45) is 0. The van der Waals surface area contributed by atoms with Gasteiger partial charge in [-0.2, -0.15) is 0 Å². The van der Waals surface area contributed by atoms with Gasteiger partial charge in [-0.15, -0.1) is 0 Å². The third-order valence-electron chi connectivity index (χ3n) is 2.37. The highest BCUT2D eigenvalue weighted by atomic mass is 79.9. The van der Waals surface area contributed by atoms with E-state index in [1.54, 1.807) is 43.5 Å². The molecule has 0 bridgehead atoms. The summed E-state index contributed by atoms with van der Waals surface area (Å²) in [7, 11) is 1.57. The number of methoxy groups -OCH3 is 1. The number of ether oxygens (including phenoxy) is 1. The molecule has 0 saturated heterocycles. The average molecular weight is 386 g/mol. The molecule has 0 aliphatic rings. The molecule has 98 valence electrons. The number of nitrogens with zero attached hydrogens (tertiary/aromatic N) is 1. The molecule has 1 aromatic carbocycles. The maximum absolute atomic E-state index is 12.0. The van der Waals surface area contributed by atoms with Crippen LogP contribution in [0.25, 0.3) is 0 Å². The van der Waals surface area contributed by atoms with Gasteiger partial charge >= 0.3 is 0 Å². The van der Waals surface area contributed by atoms with E-state index < -0.39 is 0 Å². The molecule has 1 heterocycles. The molecule has 1 N–H and O–H groups in total. The van der Waals surface area contributed by atoms with Crippen LogP contribution in [0.1, 0.15) is 10.4 Å². The Kier molecular flexibility index (Phi) is 4.55. The molecule has 0 atom stereocenters. The summed E-state index contributed by atoms with van der Waals surface area (Å²) in [5.74, 6) is 0.942. The van der Waals surface area contributed by atoms with Crippen molar-refractivity contribution in [2.24, 2.45) is 0 Å². The summed E-state index contributed by atoms with van der Waals surface area (Å²) in [6, 6.07) is 10.4. The number of carbonyl (C=O) groups is 1. The van der Waals surface area contributed by atoms with Gasteiger partial charge in [0.15, 0.2) is 0 Å². The second kappa shape index (κ2) is 6.16. The number of aromatic nitrogens is 1. The number of benzene rings is 1. The van der Waals surface area contributed by atoms with Gasteiger partial charge in [-0.25, -0.2) is 4.98 Å². The second-order valence-electron chi connectivity index (χ2n) is 3.65. The summed E-state index contributed by atoms with van der Waals surface area (Å²) in [5.41, 5.74) is 0.523. The van der Waals surface area contributed by atoms with Gasteiger partial charge in [-0.05, 0) is 62.2 Å². The van der Waals surface area contributed by atoms with Crippen molar-refractivity contribution < 1.29 is 9.53 Å². The first-order chi connectivity index (χ1) is 9.10. The molecule has 4 nitrogen and oxygen atoms in total. The van der Waals surface area contributed by atoms with Crippen molar-refractivity contribution in [1.29, 1.82) is 0 Å². The van der Waals surface area contributed by atoms with Crippen LogP contribution in [-0.4, -0.2) is 18.0 Å². The number of rotatable bonds is 3.